The van der Waals surface area contributed by atoms with Crippen molar-refractivity contribution in [1.82, 2.24) is 15.1 Å². The van der Waals surface area contributed by atoms with Gasteiger partial charge < -0.3 is 15.1 Å². The van der Waals surface area contributed by atoms with Crippen molar-refractivity contribution in [2.45, 2.75) is 38.3 Å². The van der Waals surface area contributed by atoms with Crippen LogP contribution in [0.4, 0.5) is 0 Å². The van der Waals surface area contributed by atoms with Gasteiger partial charge >= 0.3 is 0 Å². The van der Waals surface area contributed by atoms with E-state index in [0.717, 1.165) is 13.0 Å². The lowest BCUT2D eigenvalue weighted by Crippen LogP contribution is -2.47. The molecule has 0 saturated carbocycles. The molecule has 0 aliphatic carbocycles. The molecule has 0 aromatic heterocycles. The van der Waals surface area contributed by atoms with Crippen LogP contribution in [0.15, 0.2) is 24.3 Å². The van der Waals surface area contributed by atoms with Crippen molar-refractivity contribution >= 4 is 0 Å². The Morgan fingerprint density at radius 3 is 2.62 bits per heavy atom. The zero-order valence-electron chi connectivity index (χ0n) is 14.1. The molecule has 1 saturated heterocycles. The molecule has 0 amide bonds. The molecule has 3 nitrogen and oxygen atoms in total. The molecule has 2 rings (SSSR count). The Hall–Kier alpha value is -0.900. The number of benzene rings is 1. The third-order valence-corrected chi connectivity index (χ3v) is 4.83. The fourth-order valence-corrected chi connectivity index (χ4v) is 3.29. The summed E-state index contributed by atoms with van der Waals surface area (Å²) < 4.78 is 0. The highest BCUT2D eigenvalue weighted by atomic mass is 15.2. The summed E-state index contributed by atoms with van der Waals surface area (Å²) >= 11 is 0. The fourth-order valence-electron chi connectivity index (χ4n) is 3.29. The molecule has 21 heavy (non-hydrogen) atoms. The SMILES string of the molecule is CCc1ccc(C(CN(C)C2CCCN(C)C2)NC)cc1. The first-order chi connectivity index (χ1) is 10.1. The van der Waals surface area contributed by atoms with Gasteiger partial charge in [-0.3, -0.25) is 0 Å². The van der Waals surface area contributed by atoms with Crippen molar-refractivity contribution in [2.75, 3.05) is 40.8 Å². The van der Waals surface area contributed by atoms with Crippen molar-refractivity contribution < 1.29 is 0 Å². The van der Waals surface area contributed by atoms with Gasteiger partial charge in [-0.1, -0.05) is 31.2 Å². The van der Waals surface area contributed by atoms with Crippen LogP contribution < -0.4 is 5.32 Å². The van der Waals surface area contributed by atoms with Crippen LogP contribution in [0.3, 0.4) is 0 Å². The van der Waals surface area contributed by atoms with E-state index in [1.54, 1.807) is 0 Å². The average Bonchev–Trinajstić information content (AvgIpc) is 2.52. The van der Waals surface area contributed by atoms with E-state index in [2.05, 4.69) is 67.4 Å². The molecular weight excluding hydrogens is 258 g/mol. The van der Waals surface area contributed by atoms with Crippen molar-refractivity contribution in [3.8, 4) is 0 Å². The molecule has 2 unspecified atom stereocenters. The second kappa shape index (κ2) is 7.92. The van der Waals surface area contributed by atoms with Crippen molar-refractivity contribution in [1.29, 1.82) is 0 Å². The second-order valence-corrected chi connectivity index (χ2v) is 6.43. The van der Waals surface area contributed by atoms with Crippen LogP contribution in [0, 0.1) is 0 Å². The van der Waals surface area contributed by atoms with E-state index >= 15 is 0 Å². The molecule has 1 aliphatic rings. The summed E-state index contributed by atoms with van der Waals surface area (Å²) in [6, 6.07) is 10.2. The van der Waals surface area contributed by atoms with Crippen LogP contribution in [0.25, 0.3) is 0 Å². The number of aryl methyl sites for hydroxylation is 1. The number of hydrogen-bond acceptors (Lipinski definition) is 3. The minimum atomic E-state index is 0.410. The molecule has 1 N–H and O–H groups in total. The molecule has 1 heterocycles. The van der Waals surface area contributed by atoms with Gasteiger partial charge in [-0.2, -0.15) is 0 Å². The zero-order valence-corrected chi connectivity index (χ0v) is 14.1. The number of likely N-dealkylation sites (tertiary alicyclic amines) is 1. The first kappa shape index (κ1) is 16.5. The number of hydrogen-bond donors (Lipinski definition) is 1. The highest BCUT2D eigenvalue weighted by Gasteiger charge is 2.23. The standard InChI is InChI=1S/C18H31N3/c1-5-15-8-10-16(11-9-15)18(19-2)14-21(4)17-7-6-12-20(3)13-17/h8-11,17-19H,5-7,12-14H2,1-4H3. The fraction of sp³-hybridized carbons (Fsp3) is 0.667. The molecule has 1 aromatic rings. The van der Waals surface area contributed by atoms with Gasteiger partial charge in [0.05, 0.1) is 0 Å². The Bertz CT molecular complexity index is 415. The summed E-state index contributed by atoms with van der Waals surface area (Å²) in [6.07, 6.45) is 3.76. The third kappa shape index (κ3) is 4.53. The highest BCUT2D eigenvalue weighted by molar-refractivity contribution is 5.25. The minimum absolute atomic E-state index is 0.410. The summed E-state index contributed by atoms with van der Waals surface area (Å²) in [7, 11) is 6.58. The Balaban J connectivity index is 1.97. The number of piperidine rings is 1. The summed E-state index contributed by atoms with van der Waals surface area (Å²) in [6.45, 7) is 5.72. The van der Waals surface area contributed by atoms with E-state index in [1.165, 1.54) is 37.1 Å². The van der Waals surface area contributed by atoms with Gasteiger partial charge in [-0.25, -0.2) is 0 Å². The van der Waals surface area contributed by atoms with E-state index in [4.69, 9.17) is 0 Å². The van der Waals surface area contributed by atoms with Crippen LogP contribution in [0.1, 0.15) is 36.9 Å². The Labute approximate surface area is 130 Å². The van der Waals surface area contributed by atoms with E-state index in [1.807, 2.05) is 0 Å². The van der Waals surface area contributed by atoms with Gasteiger partial charge in [-0.05, 0) is 58.1 Å². The van der Waals surface area contributed by atoms with Crippen LogP contribution in [0.2, 0.25) is 0 Å². The molecule has 0 radical (unpaired) electrons. The minimum Gasteiger partial charge on any atom is -0.312 e. The smallest absolute Gasteiger partial charge is 0.0446 e. The molecule has 3 heteroatoms. The lowest BCUT2D eigenvalue weighted by Gasteiger charge is -2.37. The Morgan fingerprint density at radius 1 is 1.33 bits per heavy atom. The molecule has 118 valence electrons. The van der Waals surface area contributed by atoms with Gasteiger partial charge in [0.25, 0.3) is 0 Å². The third-order valence-electron chi connectivity index (χ3n) is 4.83. The van der Waals surface area contributed by atoms with E-state index in [9.17, 15) is 0 Å². The predicted octanol–water partition coefficient (Wildman–Crippen LogP) is 2.54. The summed E-state index contributed by atoms with van der Waals surface area (Å²) in [5, 5.41) is 3.48. The zero-order chi connectivity index (χ0) is 15.2. The monoisotopic (exact) mass is 289 g/mol. The maximum absolute atomic E-state index is 3.48. The maximum atomic E-state index is 3.48. The van der Waals surface area contributed by atoms with Crippen LogP contribution in [-0.4, -0.2) is 56.6 Å². The first-order valence-corrected chi connectivity index (χ1v) is 8.29. The Morgan fingerprint density at radius 2 is 2.05 bits per heavy atom. The number of nitrogens with zero attached hydrogens (tertiary/aromatic N) is 2. The van der Waals surface area contributed by atoms with Gasteiger partial charge in [0.1, 0.15) is 0 Å². The van der Waals surface area contributed by atoms with Crippen LogP contribution >= 0.6 is 0 Å². The second-order valence-electron chi connectivity index (χ2n) is 6.43. The summed E-state index contributed by atoms with van der Waals surface area (Å²) in [4.78, 5) is 4.99. The lowest BCUT2D eigenvalue weighted by molar-refractivity contribution is 0.126. The first-order valence-electron chi connectivity index (χ1n) is 8.29. The van der Waals surface area contributed by atoms with Gasteiger partial charge in [0.15, 0.2) is 0 Å². The molecular formula is C18H31N3. The molecule has 2 atom stereocenters. The van der Waals surface area contributed by atoms with Gasteiger partial charge in [-0.15, -0.1) is 0 Å². The average molecular weight is 289 g/mol. The largest absolute Gasteiger partial charge is 0.312 e. The Kier molecular flexibility index (Phi) is 6.22. The van der Waals surface area contributed by atoms with Crippen molar-refractivity contribution in [3.05, 3.63) is 35.4 Å². The predicted molar refractivity (Wildman–Crippen MR) is 90.8 cm³/mol. The summed E-state index contributed by atoms with van der Waals surface area (Å²) in [5.41, 5.74) is 2.81. The number of nitrogens with one attached hydrogen (secondary N) is 1. The van der Waals surface area contributed by atoms with Crippen LogP contribution in [-0.2, 0) is 6.42 Å². The van der Waals surface area contributed by atoms with E-state index < -0.39 is 0 Å². The molecule has 1 aliphatic heterocycles. The van der Waals surface area contributed by atoms with Crippen molar-refractivity contribution in [2.24, 2.45) is 0 Å². The van der Waals surface area contributed by atoms with Crippen LogP contribution in [0.5, 0.6) is 0 Å². The van der Waals surface area contributed by atoms with Gasteiger partial charge in [0.2, 0.25) is 0 Å². The van der Waals surface area contributed by atoms with Crippen molar-refractivity contribution in [3.63, 3.8) is 0 Å². The quantitative estimate of drug-likeness (QED) is 0.868. The lowest BCUT2D eigenvalue weighted by atomic mass is 10.0. The molecule has 0 bridgehead atoms. The maximum Gasteiger partial charge on any atom is 0.0446 e. The number of rotatable bonds is 6. The molecule has 1 aromatic carbocycles. The topological polar surface area (TPSA) is 18.5 Å². The highest BCUT2D eigenvalue weighted by Crippen LogP contribution is 2.19. The normalized spacial score (nSPS) is 21.7. The molecule has 1 fully saturated rings. The number of likely N-dealkylation sites (N-methyl/N-ethyl adjacent to an activating group) is 3. The summed E-state index contributed by atoms with van der Waals surface area (Å²) in [5.74, 6) is 0. The van der Waals surface area contributed by atoms with Gasteiger partial charge in [0, 0.05) is 25.2 Å². The van der Waals surface area contributed by atoms with E-state index in [-0.39, 0.29) is 0 Å². The molecule has 0 spiro atoms. The van der Waals surface area contributed by atoms with E-state index in [0.29, 0.717) is 12.1 Å².